The van der Waals surface area contributed by atoms with Crippen molar-refractivity contribution in [1.29, 1.82) is 0 Å². The highest BCUT2D eigenvalue weighted by Gasteiger charge is 2.24. The van der Waals surface area contributed by atoms with Gasteiger partial charge in [0.2, 0.25) is 11.8 Å². The van der Waals surface area contributed by atoms with Gasteiger partial charge < -0.3 is 16.0 Å². The topological polar surface area (TPSA) is 75.4 Å². The van der Waals surface area contributed by atoms with E-state index >= 15 is 0 Å². The third-order valence-electron chi connectivity index (χ3n) is 3.14. The maximum absolute atomic E-state index is 11.9. The van der Waals surface area contributed by atoms with E-state index in [1.54, 1.807) is 6.92 Å². The highest BCUT2D eigenvalue weighted by molar-refractivity contribution is 5.87. The van der Waals surface area contributed by atoms with Gasteiger partial charge in [-0.05, 0) is 26.2 Å². The van der Waals surface area contributed by atoms with Crippen LogP contribution in [0.15, 0.2) is 0 Å². The van der Waals surface area contributed by atoms with Gasteiger partial charge in [0.15, 0.2) is 0 Å². The smallest absolute Gasteiger partial charge is 0.244 e. The van der Waals surface area contributed by atoms with E-state index in [9.17, 15) is 9.59 Å². The maximum atomic E-state index is 11.9. The molecular weight excluding hydrogens is 218 g/mol. The summed E-state index contributed by atoms with van der Waals surface area (Å²) in [5.74, 6) is -0.125. The molecule has 2 amide bonds. The molecule has 1 heterocycles. The van der Waals surface area contributed by atoms with Crippen LogP contribution in [-0.4, -0.2) is 41.9 Å². The highest BCUT2D eigenvalue weighted by atomic mass is 16.2. The van der Waals surface area contributed by atoms with Gasteiger partial charge in [-0.15, -0.1) is 0 Å². The molecule has 5 heteroatoms. The second-order valence-corrected chi connectivity index (χ2v) is 4.69. The lowest BCUT2D eigenvalue weighted by atomic mass is 10.1. The molecule has 98 valence electrons. The molecule has 2 unspecified atom stereocenters. The quantitative estimate of drug-likeness (QED) is 0.724. The molecule has 0 aromatic heterocycles. The van der Waals surface area contributed by atoms with Crippen LogP contribution >= 0.6 is 0 Å². The highest BCUT2D eigenvalue weighted by Crippen LogP contribution is 2.09. The molecule has 0 saturated carbocycles. The van der Waals surface area contributed by atoms with Crippen LogP contribution in [0.3, 0.4) is 0 Å². The summed E-state index contributed by atoms with van der Waals surface area (Å²) in [7, 11) is 0. The van der Waals surface area contributed by atoms with E-state index in [0.29, 0.717) is 0 Å². The van der Waals surface area contributed by atoms with Gasteiger partial charge in [0.25, 0.3) is 0 Å². The molecule has 0 spiro atoms. The van der Waals surface area contributed by atoms with Gasteiger partial charge in [-0.3, -0.25) is 9.59 Å². The van der Waals surface area contributed by atoms with E-state index in [-0.39, 0.29) is 24.3 Å². The van der Waals surface area contributed by atoms with E-state index in [1.165, 1.54) is 0 Å². The zero-order valence-corrected chi connectivity index (χ0v) is 10.7. The zero-order valence-electron chi connectivity index (χ0n) is 10.7. The van der Waals surface area contributed by atoms with Crippen LogP contribution in [0.1, 0.15) is 39.5 Å². The van der Waals surface area contributed by atoms with E-state index in [0.717, 1.165) is 32.4 Å². The van der Waals surface area contributed by atoms with Crippen LogP contribution in [-0.2, 0) is 9.59 Å². The first-order valence-corrected chi connectivity index (χ1v) is 6.38. The molecule has 2 atom stereocenters. The summed E-state index contributed by atoms with van der Waals surface area (Å²) in [6, 6.07) is -0.561. The number of nitrogens with zero attached hydrogens (tertiary/aromatic N) is 1. The Kier molecular flexibility index (Phi) is 5.41. The van der Waals surface area contributed by atoms with E-state index in [2.05, 4.69) is 5.32 Å². The number of hydrogen-bond donors (Lipinski definition) is 2. The lowest BCUT2D eigenvalue weighted by molar-refractivity contribution is -0.135. The number of amides is 2. The fraction of sp³-hybridized carbons (Fsp3) is 0.833. The normalized spacial score (nSPS) is 18.9. The summed E-state index contributed by atoms with van der Waals surface area (Å²) in [5, 5.41) is 2.71. The van der Waals surface area contributed by atoms with Gasteiger partial charge in [0, 0.05) is 25.6 Å². The molecule has 17 heavy (non-hydrogen) atoms. The Hall–Kier alpha value is -1.10. The van der Waals surface area contributed by atoms with Crippen molar-refractivity contribution in [2.45, 2.75) is 51.6 Å². The zero-order chi connectivity index (χ0) is 12.8. The summed E-state index contributed by atoms with van der Waals surface area (Å²) < 4.78 is 0. The van der Waals surface area contributed by atoms with Crippen LogP contribution in [0, 0.1) is 0 Å². The Bertz CT molecular complexity index is 275. The molecular formula is C12H23N3O2. The van der Waals surface area contributed by atoms with Crippen LogP contribution in [0.4, 0.5) is 0 Å². The maximum Gasteiger partial charge on any atom is 0.244 e. The number of carbonyl (C=O) groups is 2. The van der Waals surface area contributed by atoms with E-state index < -0.39 is 6.04 Å². The predicted molar refractivity (Wildman–Crippen MR) is 66.3 cm³/mol. The Morgan fingerprint density at radius 3 is 2.47 bits per heavy atom. The van der Waals surface area contributed by atoms with Crippen LogP contribution in [0.25, 0.3) is 0 Å². The van der Waals surface area contributed by atoms with Gasteiger partial charge >= 0.3 is 0 Å². The molecule has 1 rings (SSSR count). The number of nitrogens with two attached hydrogens (primary N) is 1. The Morgan fingerprint density at radius 1 is 1.35 bits per heavy atom. The lowest BCUT2D eigenvalue weighted by Crippen LogP contribution is -2.46. The lowest BCUT2D eigenvalue weighted by Gasteiger charge is -2.21. The second kappa shape index (κ2) is 6.59. The van der Waals surface area contributed by atoms with Crippen molar-refractivity contribution in [2.75, 3.05) is 13.1 Å². The Labute approximate surface area is 103 Å². The van der Waals surface area contributed by atoms with Crippen LogP contribution in [0.5, 0.6) is 0 Å². The average molecular weight is 241 g/mol. The summed E-state index contributed by atoms with van der Waals surface area (Å²) in [5.41, 5.74) is 5.69. The van der Waals surface area contributed by atoms with Gasteiger partial charge in [-0.25, -0.2) is 0 Å². The van der Waals surface area contributed by atoms with Crippen LogP contribution < -0.4 is 11.1 Å². The molecule has 0 aromatic carbocycles. The molecule has 0 aliphatic carbocycles. The number of rotatable bonds is 5. The Balaban J connectivity index is 2.34. The van der Waals surface area contributed by atoms with Gasteiger partial charge in [0.05, 0.1) is 0 Å². The van der Waals surface area contributed by atoms with Crippen molar-refractivity contribution in [2.24, 2.45) is 5.73 Å². The molecule has 1 saturated heterocycles. The fourth-order valence-electron chi connectivity index (χ4n) is 1.96. The minimum Gasteiger partial charge on any atom is -0.345 e. The molecule has 1 aliphatic rings. The van der Waals surface area contributed by atoms with Crippen LogP contribution in [0.2, 0.25) is 0 Å². The van der Waals surface area contributed by atoms with Crippen molar-refractivity contribution in [3.05, 3.63) is 0 Å². The van der Waals surface area contributed by atoms with Crippen molar-refractivity contribution in [3.8, 4) is 0 Å². The first-order valence-electron chi connectivity index (χ1n) is 6.38. The van der Waals surface area contributed by atoms with Crippen molar-refractivity contribution in [3.63, 3.8) is 0 Å². The summed E-state index contributed by atoms with van der Waals surface area (Å²) in [4.78, 5) is 25.3. The average Bonchev–Trinajstić information content (AvgIpc) is 2.80. The minimum absolute atomic E-state index is 0.0147. The molecule has 1 fully saturated rings. The van der Waals surface area contributed by atoms with Crippen molar-refractivity contribution >= 4 is 11.8 Å². The van der Waals surface area contributed by atoms with Gasteiger partial charge in [0.1, 0.15) is 6.04 Å². The standard InChI is InChI=1S/C12H23N3O2/c1-3-10(13)8-11(16)14-9(2)12(17)15-6-4-5-7-15/h9-10H,3-8,13H2,1-2H3,(H,14,16). The first kappa shape index (κ1) is 14.0. The molecule has 0 bridgehead atoms. The minimum atomic E-state index is -0.440. The fourth-order valence-corrected chi connectivity index (χ4v) is 1.96. The number of likely N-dealkylation sites (tertiary alicyclic amines) is 1. The van der Waals surface area contributed by atoms with E-state index in [4.69, 9.17) is 5.73 Å². The molecule has 0 aromatic rings. The van der Waals surface area contributed by atoms with Crippen molar-refractivity contribution < 1.29 is 9.59 Å². The second-order valence-electron chi connectivity index (χ2n) is 4.69. The SMILES string of the molecule is CCC(N)CC(=O)NC(C)C(=O)N1CCCC1. The number of nitrogens with one attached hydrogen (secondary N) is 1. The summed E-state index contributed by atoms with van der Waals surface area (Å²) >= 11 is 0. The summed E-state index contributed by atoms with van der Waals surface area (Å²) in [6.07, 6.45) is 3.18. The molecule has 0 radical (unpaired) electrons. The van der Waals surface area contributed by atoms with E-state index in [1.807, 2.05) is 11.8 Å². The molecule has 1 aliphatic heterocycles. The summed E-state index contributed by atoms with van der Waals surface area (Å²) in [6.45, 7) is 5.30. The first-order chi connectivity index (χ1) is 8.04. The van der Waals surface area contributed by atoms with Crippen molar-refractivity contribution in [1.82, 2.24) is 10.2 Å². The number of carbonyl (C=O) groups excluding carboxylic acids is 2. The molecule has 3 N–H and O–H groups in total. The van der Waals surface area contributed by atoms with Gasteiger partial charge in [-0.1, -0.05) is 6.92 Å². The Morgan fingerprint density at radius 2 is 1.94 bits per heavy atom. The molecule has 5 nitrogen and oxygen atoms in total. The largest absolute Gasteiger partial charge is 0.345 e. The number of hydrogen-bond acceptors (Lipinski definition) is 3. The third-order valence-corrected chi connectivity index (χ3v) is 3.14. The predicted octanol–water partition coefficient (Wildman–Crippen LogP) is 0.241. The van der Waals surface area contributed by atoms with Gasteiger partial charge in [-0.2, -0.15) is 0 Å². The third kappa shape index (κ3) is 4.34. The monoisotopic (exact) mass is 241 g/mol.